The summed E-state index contributed by atoms with van der Waals surface area (Å²) in [7, 11) is 0. The second-order valence-electron chi connectivity index (χ2n) is 5.79. The number of aromatic nitrogens is 2. The van der Waals surface area contributed by atoms with Crippen LogP contribution in [0.4, 0.5) is 5.82 Å². The van der Waals surface area contributed by atoms with Gasteiger partial charge in [0, 0.05) is 19.2 Å². The van der Waals surface area contributed by atoms with Crippen molar-refractivity contribution in [2.75, 3.05) is 25.1 Å². The molecule has 1 unspecified atom stereocenters. The molecule has 1 aromatic heterocycles. The molecule has 0 amide bonds. The van der Waals surface area contributed by atoms with Crippen molar-refractivity contribution in [1.29, 1.82) is 0 Å². The maximum absolute atomic E-state index is 5.70. The second kappa shape index (κ2) is 9.62. The number of hydrogen-bond donors (Lipinski definition) is 1. The number of nitrogens with one attached hydrogen (secondary N) is 1. The standard InChI is InChI=1S/C17H29N3O2/c1-3-5-6-7-10-18-15-13-16(22-11-4-2)20-17(19-15)14-9-8-12-21-14/h13-14H,3-12H2,1-2H3,(H,18,19,20). The average Bonchev–Trinajstić information content (AvgIpc) is 3.07. The Morgan fingerprint density at radius 1 is 1.23 bits per heavy atom. The van der Waals surface area contributed by atoms with E-state index in [2.05, 4.69) is 29.1 Å². The van der Waals surface area contributed by atoms with Crippen molar-refractivity contribution in [1.82, 2.24) is 9.97 Å². The number of unbranched alkanes of at least 4 members (excludes halogenated alkanes) is 3. The lowest BCUT2D eigenvalue weighted by atomic mass is 10.2. The number of ether oxygens (including phenoxy) is 2. The third-order valence-electron chi connectivity index (χ3n) is 3.73. The quantitative estimate of drug-likeness (QED) is 0.659. The van der Waals surface area contributed by atoms with Crippen LogP contribution in [-0.2, 0) is 4.74 Å². The monoisotopic (exact) mass is 307 g/mol. The van der Waals surface area contributed by atoms with E-state index in [0.29, 0.717) is 12.5 Å². The molecule has 2 rings (SSSR count). The Hall–Kier alpha value is -1.36. The third-order valence-corrected chi connectivity index (χ3v) is 3.73. The van der Waals surface area contributed by atoms with Crippen molar-refractivity contribution >= 4 is 5.82 Å². The van der Waals surface area contributed by atoms with E-state index < -0.39 is 0 Å². The fourth-order valence-corrected chi connectivity index (χ4v) is 2.51. The zero-order chi connectivity index (χ0) is 15.6. The summed E-state index contributed by atoms with van der Waals surface area (Å²) in [5.41, 5.74) is 0. The van der Waals surface area contributed by atoms with Crippen molar-refractivity contribution in [2.24, 2.45) is 0 Å². The van der Waals surface area contributed by atoms with E-state index in [-0.39, 0.29) is 6.10 Å². The number of anilines is 1. The molecule has 1 aliphatic heterocycles. The van der Waals surface area contributed by atoms with Gasteiger partial charge in [-0.25, -0.2) is 4.98 Å². The first-order valence-corrected chi connectivity index (χ1v) is 8.70. The summed E-state index contributed by atoms with van der Waals surface area (Å²) in [6, 6.07) is 1.90. The van der Waals surface area contributed by atoms with E-state index in [9.17, 15) is 0 Å². The smallest absolute Gasteiger partial charge is 0.218 e. The van der Waals surface area contributed by atoms with E-state index >= 15 is 0 Å². The van der Waals surface area contributed by atoms with Crippen LogP contribution in [-0.4, -0.2) is 29.7 Å². The van der Waals surface area contributed by atoms with Gasteiger partial charge in [0.1, 0.15) is 11.9 Å². The average molecular weight is 307 g/mol. The molecule has 1 saturated heterocycles. The molecule has 0 radical (unpaired) electrons. The van der Waals surface area contributed by atoms with Gasteiger partial charge in [-0.15, -0.1) is 0 Å². The molecule has 1 N–H and O–H groups in total. The minimum absolute atomic E-state index is 0.0193. The van der Waals surface area contributed by atoms with Gasteiger partial charge in [-0.2, -0.15) is 4.98 Å². The van der Waals surface area contributed by atoms with Crippen LogP contribution in [0.25, 0.3) is 0 Å². The fourth-order valence-electron chi connectivity index (χ4n) is 2.51. The van der Waals surface area contributed by atoms with Crippen LogP contribution in [0.1, 0.15) is 70.7 Å². The highest BCUT2D eigenvalue weighted by Crippen LogP contribution is 2.28. The molecular formula is C17H29N3O2. The molecule has 1 aliphatic rings. The highest BCUT2D eigenvalue weighted by Gasteiger charge is 2.22. The highest BCUT2D eigenvalue weighted by molar-refractivity contribution is 5.38. The molecule has 1 atom stereocenters. The van der Waals surface area contributed by atoms with E-state index in [1.807, 2.05) is 6.07 Å². The molecule has 0 spiro atoms. The van der Waals surface area contributed by atoms with Gasteiger partial charge in [0.05, 0.1) is 6.61 Å². The molecule has 124 valence electrons. The maximum Gasteiger partial charge on any atom is 0.218 e. The van der Waals surface area contributed by atoms with Crippen LogP contribution in [0.2, 0.25) is 0 Å². The van der Waals surface area contributed by atoms with Gasteiger partial charge in [0.25, 0.3) is 0 Å². The minimum atomic E-state index is 0.0193. The van der Waals surface area contributed by atoms with Crippen molar-refractivity contribution in [2.45, 2.75) is 64.9 Å². The summed E-state index contributed by atoms with van der Waals surface area (Å²) in [5.74, 6) is 2.25. The summed E-state index contributed by atoms with van der Waals surface area (Å²) in [6.07, 6.45) is 8.03. The minimum Gasteiger partial charge on any atom is -0.478 e. The molecule has 5 nitrogen and oxygen atoms in total. The lowest BCUT2D eigenvalue weighted by Crippen LogP contribution is -2.10. The lowest BCUT2D eigenvalue weighted by Gasteiger charge is -2.13. The molecule has 0 aromatic carbocycles. The molecule has 0 saturated carbocycles. The normalized spacial score (nSPS) is 17.6. The zero-order valence-corrected chi connectivity index (χ0v) is 13.9. The van der Waals surface area contributed by atoms with Crippen molar-refractivity contribution < 1.29 is 9.47 Å². The van der Waals surface area contributed by atoms with Crippen LogP contribution in [0.5, 0.6) is 5.88 Å². The summed E-state index contributed by atoms with van der Waals surface area (Å²) in [4.78, 5) is 9.13. The third kappa shape index (κ3) is 5.44. The predicted molar refractivity (Wildman–Crippen MR) is 88.4 cm³/mol. The lowest BCUT2D eigenvalue weighted by molar-refractivity contribution is 0.104. The van der Waals surface area contributed by atoms with Crippen LogP contribution in [0.15, 0.2) is 6.07 Å². The van der Waals surface area contributed by atoms with Crippen LogP contribution >= 0.6 is 0 Å². The SMILES string of the molecule is CCCCCCNc1cc(OCCC)nc(C2CCCO2)n1. The van der Waals surface area contributed by atoms with E-state index in [4.69, 9.17) is 9.47 Å². The second-order valence-corrected chi connectivity index (χ2v) is 5.79. The largest absolute Gasteiger partial charge is 0.478 e. The number of hydrogen-bond acceptors (Lipinski definition) is 5. The van der Waals surface area contributed by atoms with E-state index in [0.717, 1.165) is 50.5 Å². The molecule has 2 heterocycles. The van der Waals surface area contributed by atoms with Gasteiger partial charge in [-0.3, -0.25) is 0 Å². The first kappa shape index (κ1) is 17.0. The summed E-state index contributed by atoms with van der Waals surface area (Å²) >= 11 is 0. The fraction of sp³-hybridized carbons (Fsp3) is 0.765. The van der Waals surface area contributed by atoms with E-state index in [1.54, 1.807) is 0 Å². The van der Waals surface area contributed by atoms with Crippen LogP contribution < -0.4 is 10.1 Å². The Labute approximate surface area is 133 Å². The van der Waals surface area contributed by atoms with Crippen LogP contribution in [0.3, 0.4) is 0 Å². The molecule has 0 bridgehead atoms. The summed E-state index contributed by atoms with van der Waals surface area (Å²) in [6.45, 7) is 6.74. The van der Waals surface area contributed by atoms with Gasteiger partial charge in [-0.1, -0.05) is 33.1 Å². The molecular weight excluding hydrogens is 278 g/mol. The van der Waals surface area contributed by atoms with Gasteiger partial charge >= 0.3 is 0 Å². The summed E-state index contributed by atoms with van der Waals surface area (Å²) < 4.78 is 11.4. The highest BCUT2D eigenvalue weighted by atomic mass is 16.5. The first-order chi connectivity index (χ1) is 10.8. The summed E-state index contributed by atoms with van der Waals surface area (Å²) in [5, 5.41) is 3.40. The Bertz CT molecular complexity index is 434. The van der Waals surface area contributed by atoms with Gasteiger partial charge in [-0.05, 0) is 25.7 Å². The Morgan fingerprint density at radius 2 is 2.14 bits per heavy atom. The Kier molecular flexibility index (Phi) is 7.43. The molecule has 5 heteroatoms. The first-order valence-electron chi connectivity index (χ1n) is 8.70. The van der Waals surface area contributed by atoms with Crippen molar-refractivity contribution in [3.8, 4) is 5.88 Å². The topological polar surface area (TPSA) is 56.3 Å². The molecule has 1 aromatic rings. The van der Waals surface area contributed by atoms with E-state index in [1.165, 1.54) is 19.3 Å². The zero-order valence-electron chi connectivity index (χ0n) is 13.9. The molecule has 1 fully saturated rings. The maximum atomic E-state index is 5.70. The van der Waals surface area contributed by atoms with Crippen LogP contribution in [0, 0.1) is 0 Å². The number of rotatable bonds is 10. The van der Waals surface area contributed by atoms with Gasteiger partial charge < -0.3 is 14.8 Å². The van der Waals surface area contributed by atoms with Crippen molar-refractivity contribution in [3.05, 3.63) is 11.9 Å². The van der Waals surface area contributed by atoms with Crippen molar-refractivity contribution in [3.63, 3.8) is 0 Å². The Morgan fingerprint density at radius 3 is 2.86 bits per heavy atom. The van der Waals surface area contributed by atoms with Gasteiger partial charge in [0.2, 0.25) is 5.88 Å². The number of nitrogens with zero attached hydrogens (tertiary/aromatic N) is 2. The van der Waals surface area contributed by atoms with Gasteiger partial charge in [0.15, 0.2) is 5.82 Å². The molecule has 22 heavy (non-hydrogen) atoms. The molecule has 0 aliphatic carbocycles. The Balaban J connectivity index is 1.97. The predicted octanol–water partition coefficient (Wildman–Crippen LogP) is 4.11.